The van der Waals surface area contributed by atoms with Crippen molar-refractivity contribution in [1.29, 1.82) is 0 Å². The Morgan fingerprint density at radius 1 is 1.30 bits per heavy atom. The topological polar surface area (TPSA) is 64.6 Å². The molecule has 1 aliphatic heterocycles. The molecule has 0 saturated carbocycles. The van der Waals surface area contributed by atoms with E-state index in [1.165, 1.54) is 0 Å². The highest BCUT2D eigenvalue weighted by Crippen LogP contribution is 2.31. The van der Waals surface area contributed by atoms with E-state index in [-0.39, 0.29) is 18.6 Å². The molecule has 5 nitrogen and oxygen atoms in total. The second kappa shape index (κ2) is 7.02. The summed E-state index contributed by atoms with van der Waals surface area (Å²) in [5.74, 6) is -0.124. The minimum atomic E-state index is -0.551. The molecule has 0 aliphatic carbocycles. The fraction of sp³-hybridized carbons (Fsp3) is 0.250. The monoisotopic (exact) mass is 351 g/mol. The number of carbonyl (C=O) groups excluding carboxylic acids is 2. The number of halogens is 1. The van der Waals surface area contributed by atoms with E-state index < -0.39 is 5.97 Å². The van der Waals surface area contributed by atoms with Crippen molar-refractivity contribution >= 4 is 34.8 Å². The number of benzene rings is 1. The highest BCUT2D eigenvalue weighted by atomic mass is 35.5. The molecule has 0 radical (unpaired) electrons. The molecule has 1 aliphatic rings. The van der Waals surface area contributed by atoms with Crippen molar-refractivity contribution in [3.63, 3.8) is 0 Å². The van der Waals surface area contributed by atoms with Crippen molar-refractivity contribution in [3.8, 4) is 5.75 Å². The fourth-order valence-electron chi connectivity index (χ4n) is 2.35. The highest BCUT2D eigenvalue weighted by Gasteiger charge is 2.23. The van der Waals surface area contributed by atoms with Crippen LogP contribution in [0.25, 0.3) is 0 Å². The first-order chi connectivity index (χ1) is 11.1. The van der Waals surface area contributed by atoms with E-state index >= 15 is 0 Å². The van der Waals surface area contributed by atoms with Gasteiger partial charge < -0.3 is 14.8 Å². The Labute approximate surface area is 142 Å². The average molecular weight is 352 g/mol. The van der Waals surface area contributed by atoms with E-state index in [4.69, 9.17) is 21.1 Å². The Bertz CT molecular complexity index is 730. The maximum Gasteiger partial charge on any atom is 0.348 e. The Balaban J connectivity index is 1.55. The van der Waals surface area contributed by atoms with Gasteiger partial charge >= 0.3 is 5.97 Å². The third kappa shape index (κ3) is 3.83. The fourth-order valence-corrected chi connectivity index (χ4v) is 3.29. The Morgan fingerprint density at radius 2 is 2.13 bits per heavy atom. The molecule has 1 unspecified atom stereocenters. The molecular weight excluding hydrogens is 338 g/mol. The number of thiophene rings is 1. The van der Waals surface area contributed by atoms with Gasteiger partial charge in [0.2, 0.25) is 0 Å². The first kappa shape index (κ1) is 15.8. The van der Waals surface area contributed by atoms with Crippen LogP contribution in [-0.2, 0) is 9.53 Å². The molecule has 1 aromatic carbocycles. The third-order valence-corrected chi connectivity index (χ3v) is 4.61. The van der Waals surface area contributed by atoms with Crippen LogP contribution in [0, 0.1) is 0 Å². The largest absolute Gasteiger partial charge is 0.493 e. The van der Waals surface area contributed by atoms with E-state index in [1.54, 1.807) is 12.1 Å². The summed E-state index contributed by atoms with van der Waals surface area (Å²) < 4.78 is 11.0. The maximum atomic E-state index is 12.0. The minimum Gasteiger partial charge on any atom is -0.493 e. The molecule has 1 amide bonds. The molecule has 2 aromatic rings. The summed E-state index contributed by atoms with van der Waals surface area (Å²) in [6, 6.07) is 10.6. The molecule has 1 N–H and O–H groups in total. The Morgan fingerprint density at radius 3 is 2.91 bits per heavy atom. The third-order valence-electron chi connectivity index (χ3n) is 3.40. The number of esters is 1. The molecule has 0 fully saturated rings. The van der Waals surface area contributed by atoms with Gasteiger partial charge in [-0.15, -0.1) is 11.3 Å². The van der Waals surface area contributed by atoms with E-state index in [2.05, 4.69) is 5.32 Å². The van der Waals surface area contributed by atoms with Crippen molar-refractivity contribution in [2.45, 2.75) is 12.5 Å². The normalized spacial score (nSPS) is 16.1. The first-order valence-electron chi connectivity index (χ1n) is 7.07. The van der Waals surface area contributed by atoms with Crippen LogP contribution in [0.1, 0.15) is 27.7 Å². The Kier molecular flexibility index (Phi) is 4.83. The molecule has 3 rings (SSSR count). The van der Waals surface area contributed by atoms with Crippen LogP contribution in [0.4, 0.5) is 0 Å². The zero-order valence-corrected chi connectivity index (χ0v) is 13.7. The van der Waals surface area contributed by atoms with Gasteiger partial charge in [-0.25, -0.2) is 4.79 Å². The van der Waals surface area contributed by atoms with Crippen LogP contribution in [0.15, 0.2) is 36.4 Å². The number of nitrogens with one attached hydrogen (secondary N) is 1. The van der Waals surface area contributed by atoms with Gasteiger partial charge in [0.05, 0.1) is 17.0 Å². The van der Waals surface area contributed by atoms with E-state index in [0.29, 0.717) is 22.2 Å². The van der Waals surface area contributed by atoms with Crippen LogP contribution in [0.2, 0.25) is 4.34 Å². The summed E-state index contributed by atoms with van der Waals surface area (Å²) in [7, 11) is 0. The van der Waals surface area contributed by atoms with Gasteiger partial charge in [0.15, 0.2) is 6.61 Å². The van der Waals surface area contributed by atoms with Crippen LogP contribution in [-0.4, -0.2) is 25.1 Å². The zero-order valence-electron chi connectivity index (χ0n) is 12.1. The lowest BCUT2D eigenvalue weighted by molar-refractivity contribution is -0.125. The van der Waals surface area contributed by atoms with E-state index in [1.807, 2.05) is 24.3 Å². The SMILES string of the molecule is O=C(COC(=O)c1ccc(Cl)s1)NC1CCOc2ccccc21. The number of hydrogen-bond acceptors (Lipinski definition) is 5. The molecule has 0 saturated heterocycles. The van der Waals surface area contributed by atoms with Gasteiger partial charge in [-0.3, -0.25) is 4.79 Å². The van der Waals surface area contributed by atoms with Gasteiger partial charge in [-0.1, -0.05) is 29.8 Å². The summed E-state index contributed by atoms with van der Waals surface area (Å²) in [5, 5.41) is 2.87. The number of hydrogen-bond donors (Lipinski definition) is 1. The van der Waals surface area contributed by atoms with Crippen LogP contribution < -0.4 is 10.1 Å². The lowest BCUT2D eigenvalue weighted by Gasteiger charge is -2.26. The van der Waals surface area contributed by atoms with Gasteiger partial charge in [0.25, 0.3) is 5.91 Å². The maximum absolute atomic E-state index is 12.0. The summed E-state index contributed by atoms with van der Waals surface area (Å²) in [6.07, 6.45) is 0.678. The summed E-state index contributed by atoms with van der Waals surface area (Å²) >= 11 is 6.88. The number of fused-ring (bicyclic) bond motifs is 1. The van der Waals surface area contributed by atoms with Crippen LogP contribution in [0.5, 0.6) is 5.75 Å². The number of amides is 1. The van der Waals surface area contributed by atoms with Gasteiger partial charge in [0.1, 0.15) is 10.6 Å². The molecule has 0 spiro atoms. The zero-order chi connectivity index (χ0) is 16.2. The average Bonchev–Trinajstić information content (AvgIpc) is 2.99. The van der Waals surface area contributed by atoms with Gasteiger partial charge in [-0.2, -0.15) is 0 Å². The van der Waals surface area contributed by atoms with Gasteiger partial charge in [-0.05, 0) is 18.2 Å². The van der Waals surface area contributed by atoms with Crippen molar-refractivity contribution in [2.24, 2.45) is 0 Å². The van der Waals surface area contributed by atoms with E-state index in [0.717, 1.165) is 22.6 Å². The van der Waals surface area contributed by atoms with Crippen molar-refractivity contribution in [1.82, 2.24) is 5.32 Å². The summed E-state index contributed by atoms with van der Waals surface area (Å²) in [4.78, 5) is 24.2. The second-order valence-corrected chi connectivity index (χ2v) is 6.69. The summed E-state index contributed by atoms with van der Waals surface area (Å²) in [5.41, 5.74) is 0.934. The molecule has 0 bridgehead atoms. The lowest BCUT2D eigenvalue weighted by atomic mass is 10.0. The smallest absolute Gasteiger partial charge is 0.348 e. The molecule has 7 heteroatoms. The lowest BCUT2D eigenvalue weighted by Crippen LogP contribution is -2.35. The minimum absolute atomic E-state index is 0.137. The number of rotatable bonds is 4. The molecule has 2 heterocycles. The number of para-hydroxylation sites is 1. The molecule has 23 heavy (non-hydrogen) atoms. The highest BCUT2D eigenvalue weighted by molar-refractivity contribution is 7.17. The predicted molar refractivity (Wildman–Crippen MR) is 87.0 cm³/mol. The van der Waals surface area contributed by atoms with Crippen molar-refractivity contribution < 1.29 is 19.1 Å². The van der Waals surface area contributed by atoms with Crippen LogP contribution in [0.3, 0.4) is 0 Å². The summed E-state index contributed by atoms with van der Waals surface area (Å²) in [6.45, 7) is 0.212. The first-order valence-corrected chi connectivity index (χ1v) is 8.26. The van der Waals surface area contributed by atoms with Crippen molar-refractivity contribution in [2.75, 3.05) is 13.2 Å². The molecule has 1 aromatic heterocycles. The van der Waals surface area contributed by atoms with Crippen LogP contribution >= 0.6 is 22.9 Å². The molecule has 1 atom stereocenters. The molecule has 120 valence electrons. The van der Waals surface area contributed by atoms with Crippen molar-refractivity contribution in [3.05, 3.63) is 51.2 Å². The standard InChI is InChI=1S/C16H14ClNO4S/c17-14-6-5-13(23-14)16(20)22-9-15(19)18-11-7-8-21-12-4-2-1-3-10(11)12/h1-6,11H,7-9H2,(H,18,19). The number of ether oxygens (including phenoxy) is 2. The molecular formula is C16H14ClNO4S. The quantitative estimate of drug-likeness (QED) is 0.859. The Hall–Kier alpha value is -2.05. The van der Waals surface area contributed by atoms with E-state index in [9.17, 15) is 9.59 Å². The number of carbonyl (C=O) groups is 2. The van der Waals surface area contributed by atoms with Gasteiger partial charge in [0, 0.05) is 12.0 Å². The second-order valence-electron chi connectivity index (χ2n) is 4.97. The predicted octanol–water partition coefficient (Wildman–Crippen LogP) is 3.20.